The van der Waals surface area contributed by atoms with E-state index < -0.39 is 0 Å². The number of nitro groups is 1. The average molecular weight is 338 g/mol. The van der Waals surface area contributed by atoms with Gasteiger partial charge in [-0.05, 0) is 72.3 Å². The summed E-state index contributed by atoms with van der Waals surface area (Å²) in [6, 6.07) is 12.1. The van der Waals surface area contributed by atoms with Crippen molar-refractivity contribution in [1.82, 2.24) is 0 Å². The van der Waals surface area contributed by atoms with E-state index in [1.807, 2.05) is 18.2 Å². The molecule has 1 N–H and O–H groups in total. The first kappa shape index (κ1) is 14.9. The monoisotopic (exact) mass is 338 g/mol. The first-order valence-electron chi connectivity index (χ1n) is 8.92. The lowest BCUT2D eigenvalue weighted by molar-refractivity contribution is -0.384. The van der Waals surface area contributed by atoms with Crippen LogP contribution in [0.3, 0.4) is 0 Å². The molecule has 2 fully saturated rings. The van der Waals surface area contributed by atoms with Crippen LogP contribution in [0.25, 0.3) is 0 Å². The van der Waals surface area contributed by atoms with Gasteiger partial charge in [-0.2, -0.15) is 0 Å². The summed E-state index contributed by atoms with van der Waals surface area (Å²) >= 11 is 0. The number of hydrogen-bond donors (Lipinski definition) is 1. The molecule has 0 saturated heterocycles. The van der Waals surface area contributed by atoms with E-state index in [1.54, 1.807) is 12.1 Å². The molecular formula is C20H19FN2O2. The topological polar surface area (TPSA) is 55.2 Å². The summed E-state index contributed by atoms with van der Waals surface area (Å²) in [4.78, 5) is 10.9. The lowest BCUT2D eigenvalue weighted by Gasteiger charge is -2.43. The van der Waals surface area contributed by atoms with E-state index in [4.69, 9.17) is 0 Å². The minimum Gasteiger partial charge on any atom is -0.378 e. The van der Waals surface area contributed by atoms with E-state index >= 15 is 0 Å². The van der Waals surface area contributed by atoms with E-state index in [2.05, 4.69) is 5.32 Å². The second-order valence-corrected chi connectivity index (χ2v) is 7.64. The predicted octanol–water partition coefficient (Wildman–Crippen LogP) is 5.03. The number of halogens is 1. The van der Waals surface area contributed by atoms with Gasteiger partial charge in [0.1, 0.15) is 5.82 Å². The van der Waals surface area contributed by atoms with Crippen LogP contribution >= 0.6 is 0 Å². The molecule has 2 aliphatic carbocycles. The standard InChI is InChI=1S/C20H19FN2O2/c21-14-5-3-11(4-6-14)20-19-13-2-1-12(9-13)18(19)16-10-15(23(24)25)7-8-17(16)22-20/h3-8,10,12-13,18-20,22H,1-2,9H2/t12-,13-,18+,19+,20+/m0/s1. The summed E-state index contributed by atoms with van der Waals surface area (Å²) < 4.78 is 13.3. The molecule has 0 spiro atoms. The van der Waals surface area contributed by atoms with Crippen LogP contribution in [0, 0.1) is 33.7 Å². The van der Waals surface area contributed by atoms with Crippen LogP contribution in [0.4, 0.5) is 15.8 Å². The summed E-state index contributed by atoms with van der Waals surface area (Å²) in [7, 11) is 0. The highest BCUT2D eigenvalue weighted by Crippen LogP contribution is 2.63. The number of nitro benzene ring substituents is 1. The molecule has 25 heavy (non-hydrogen) atoms. The fourth-order valence-electron chi connectivity index (χ4n) is 5.59. The zero-order valence-electron chi connectivity index (χ0n) is 13.7. The quantitative estimate of drug-likeness (QED) is 0.617. The van der Waals surface area contributed by atoms with Crippen molar-refractivity contribution in [2.45, 2.75) is 31.2 Å². The third kappa shape index (κ3) is 2.18. The summed E-state index contributed by atoms with van der Waals surface area (Å²) in [6.45, 7) is 0. The normalized spacial score (nSPS) is 32.0. The lowest BCUT2D eigenvalue weighted by Crippen LogP contribution is -2.35. The van der Waals surface area contributed by atoms with Gasteiger partial charge in [-0.1, -0.05) is 12.1 Å². The second kappa shape index (κ2) is 5.28. The highest BCUT2D eigenvalue weighted by molar-refractivity contribution is 5.62. The van der Waals surface area contributed by atoms with Crippen LogP contribution in [0.2, 0.25) is 0 Å². The molecule has 2 aromatic carbocycles. The molecule has 1 heterocycles. The average Bonchev–Trinajstić information content (AvgIpc) is 3.23. The Bertz CT molecular complexity index is 851. The minimum atomic E-state index is -0.311. The fraction of sp³-hybridized carbons (Fsp3) is 0.400. The summed E-state index contributed by atoms with van der Waals surface area (Å²) in [5.41, 5.74) is 3.37. The van der Waals surface area contributed by atoms with Crippen molar-refractivity contribution in [3.63, 3.8) is 0 Å². The minimum absolute atomic E-state index is 0.148. The summed E-state index contributed by atoms with van der Waals surface area (Å²) in [5.74, 6) is 1.83. The molecule has 1 aliphatic heterocycles. The Balaban J connectivity index is 1.62. The van der Waals surface area contributed by atoms with Crippen LogP contribution in [-0.4, -0.2) is 4.92 Å². The largest absolute Gasteiger partial charge is 0.378 e. The summed E-state index contributed by atoms with van der Waals surface area (Å²) in [5, 5.41) is 14.8. The molecular weight excluding hydrogens is 319 g/mol. The van der Waals surface area contributed by atoms with E-state index in [-0.39, 0.29) is 22.5 Å². The van der Waals surface area contributed by atoms with Gasteiger partial charge in [0.05, 0.1) is 11.0 Å². The molecule has 3 aliphatic rings. The SMILES string of the molecule is O=[N+]([O-])c1ccc2c(c1)[C@H]1[C@H]3CC[C@@H](C3)[C@H]1[C@@H](c1ccc(F)cc1)N2. The van der Waals surface area contributed by atoms with Gasteiger partial charge in [0, 0.05) is 17.8 Å². The maximum absolute atomic E-state index is 13.3. The highest BCUT2D eigenvalue weighted by Gasteiger charge is 2.54. The van der Waals surface area contributed by atoms with Crippen LogP contribution in [0.1, 0.15) is 42.3 Å². The van der Waals surface area contributed by atoms with Crippen LogP contribution < -0.4 is 5.32 Å². The number of anilines is 1. The zero-order valence-corrected chi connectivity index (χ0v) is 13.7. The Morgan fingerprint density at radius 1 is 1.08 bits per heavy atom. The molecule has 5 heteroatoms. The maximum Gasteiger partial charge on any atom is 0.269 e. The first-order chi connectivity index (χ1) is 12.1. The first-order valence-corrected chi connectivity index (χ1v) is 8.92. The lowest BCUT2D eigenvalue weighted by atomic mass is 9.68. The van der Waals surface area contributed by atoms with Crippen LogP contribution in [0.15, 0.2) is 42.5 Å². The number of non-ortho nitro benzene ring substituents is 1. The van der Waals surface area contributed by atoms with Crippen molar-refractivity contribution in [3.8, 4) is 0 Å². The zero-order chi connectivity index (χ0) is 17.1. The molecule has 0 radical (unpaired) electrons. The molecule has 0 aromatic heterocycles. The van der Waals surface area contributed by atoms with Gasteiger partial charge >= 0.3 is 0 Å². The van der Waals surface area contributed by atoms with E-state index in [0.29, 0.717) is 23.7 Å². The third-order valence-corrected chi connectivity index (χ3v) is 6.51. The Morgan fingerprint density at radius 3 is 2.60 bits per heavy atom. The number of hydrogen-bond acceptors (Lipinski definition) is 3. The fourth-order valence-corrected chi connectivity index (χ4v) is 5.59. The highest BCUT2D eigenvalue weighted by atomic mass is 19.1. The van der Waals surface area contributed by atoms with Gasteiger partial charge in [-0.3, -0.25) is 10.1 Å². The van der Waals surface area contributed by atoms with E-state index in [0.717, 1.165) is 16.8 Å². The Morgan fingerprint density at radius 2 is 1.84 bits per heavy atom. The van der Waals surface area contributed by atoms with Crippen molar-refractivity contribution >= 4 is 11.4 Å². The third-order valence-electron chi connectivity index (χ3n) is 6.51. The number of nitrogens with zero attached hydrogens (tertiary/aromatic N) is 1. The second-order valence-electron chi connectivity index (χ2n) is 7.64. The van der Waals surface area contributed by atoms with Crippen LogP contribution in [0.5, 0.6) is 0 Å². The van der Waals surface area contributed by atoms with Gasteiger partial charge in [-0.15, -0.1) is 0 Å². The van der Waals surface area contributed by atoms with Crippen molar-refractivity contribution in [3.05, 3.63) is 69.5 Å². The predicted molar refractivity (Wildman–Crippen MR) is 92.9 cm³/mol. The molecule has 5 rings (SSSR count). The van der Waals surface area contributed by atoms with E-state index in [9.17, 15) is 14.5 Å². The van der Waals surface area contributed by atoms with Crippen molar-refractivity contribution < 1.29 is 9.31 Å². The summed E-state index contributed by atoms with van der Waals surface area (Å²) in [6.07, 6.45) is 3.65. The van der Waals surface area contributed by atoms with Gasteiger partial charge in [0.25, 0.3) is 5.69 Å². The Hall–Kier alpha value is -2.43. The van der Waals surface area contributed by atoms with Gasteiger partial charge in [-0.25, -0.2) is 4.39 Å². The van der Waals surface area contributed by atoms with Gasteiger partial charge < -0.3 is 5.32 Å². The van der Waals surface area contributed by atoms with Crippen molar-refractivity contribution in [1.29, 1.82) is 0 Å². The van der Waals surface area contributed by atoms with Gasteiger partial charge in [0.15, 0.2) is 0 Å². The maximum atomic E-state index is 13.3. The Labute approximate surface area is 145 Å². The van der Waals surface area contributed by atoms with Crippen LogP contribution in [-0.2, 0) is 0 Å². The number of fused-ring (bicyclic) bond motifs is 7. The molecule has 128 valence electrons. The molecule has 5 atom stereocenters. The number of nitrogens with one attached hydrogen (secondary N) is 1. The van der Waals surface area contributed by atoms with Crippen molar-refractivity contribution in [2.24, 2.45) is 17.8 Å². The molecule has 2 aromatic rings. The van der Waals surface area contributed by atoms with Gasteiger partial charge in [0.2, 0.25) is 0 Å². The molecule has 4 nitrogen and oxygen atoms in total. The number of rotatable bonds is 2. The molecule has 0 unspecified atom stereocenters. The molecule has 0 amide bonds. The molecule has 2 saturated carbocycles. The number of benzene rings is 2. The van der Waals surface area contributed by atoms with Crippen molar-refractivity contribution in [2.75, 3.05) is 5.32 Å². The smallest absolute Gasteiger partial charge is 0.269 e. The molecule has 2 bridgehead atoms. The van der Waals surface area contributed by atoms with E-state index in [1.165, 1.54) is 31.4 Å². The Kier molecular flexibility index (Phi) is 3.14.